The van der Waals surface area contributed by atoms with Crippen LogP contribution in [0.1, 0.15) is 29.8 Å². The number of halogens is 1. The highest BCUT2D eigenvalue weighted by Gasteiger charge is 2.34. The zero-order valence-corrected chi connectivity index (χ0v) is 10.5. The number of hydrogen-bond acceptors (Lipinski definition) is 4. The van der Waals surface area contributed by atoms with Gasteiger partial charge in [-0.1, -0.05) is 0 Å². The first-order valence-corrected chi connectivity index (χ1v) is 7.11. The lowest BCUT2D eigenvalue weighted by molar-refractivity contribution is 0.633. The molecule has 2 rings (SSSR count). The van der Waals surface area contributed by atoms with Gasteiger partial charge < -0.3 is 0 Å². The van der Waals surface area contributed by atoms with Crippen LogP contribution in [0.2, 0.25) is 0 Å². The number of thioether (sulfide) groups is 1. The molecule has 0 N–H and O–H groups in total. The second kappa shape index (κ2) is 4.37. The molecule has 1 aliphatic heterocycles. The maximum absolute atomic E-state index is 5.67. The summed E-state index contributed by atoms with van der Waals surface area (Å²) in [5, 5.41) is 10.7. The predicted molar refractivity (Wildman–Crippen MR) is 63.4 cm³/mol. The van der Waals surface area contributed by atoms with Crippen LogP contribution in [0.15, 0.2) is 0 Å². The van der Waals surface area contributed by atoms with Gasteiger partial charge in [-0.05, 0) is 25.5 Å². The minimum atomic E-state index is 0.224. The first kappa shape index (κ1) is 10.7. The Balaban J connectivity index is 2.15. The topological polar surface area (TPSA) is 25.8 Å². The Morgan fingerprint density at radius 2 is 2.36 bits per heavy atom. The van der Waals surface area contributed by atoms with Crippen LogP contribution in [0.3, 0.4) is 0 Å². The molecule has 0 spiro atoms. The van der Waals surface area contributed by atoms with E-state index in [4.69, 9.17) is 11.6 Å². The third-order valence-electron chi connectivity index (χ3n) is 2.45. The Morgan fingerprint density at radius 1 is 1.50 bits per heavy atom. The van der Waals surface area contributed by atoms with E-state index in [9.17, 15) is 0 Å². The zero-order valence-electron chi connectivity index (χ0n) is 8.12. The average molecular weight is 249 g/mol. The van der Waals surface area contributed by atoms with Gasteiger partial charge in [0.25, 0.3) is 0 Å². The van der Waals surface area contributed by atoms with E-state index < -0.39 is 0 Å². The van der Waals surface area contributed by atoms with E-state index in [1.807, 2.05) is 11.8 Å². The lowest BCUT2D eigenvalue weighted by Crippen LogP contribution is -2.11. The highest BCUT2D eigenvalue weighted by Crippen LogP contribution is 2.46. The smallest absolute Gasteiger partial charge is 0.133 e. The minimum absolute atomic E-state index is 0.224. The molecule has 1 aromatic rings. The standard InChI is InChI=1S/C9H13ClN2S2/c1-9(4-2-6-13-9)8-12-11-7(14-8)3-5-10/h2-6H2,1H3. The van der Waals surface area contributed by atoms with Crippen molar-refractivity contribution in [1.29, 1.82) is 0 Å². The summed E-state index contributed by atoms with van der Waals surface area (Å²) in [5.74, 6) is 1.89. The fourth-order valence-corrected chi connectivity index (χ4v) is 4.29. The van der Waals surface area contributed by atoms with Gasteiger partial charge in [0.05, 0.1) is 4.75 Å². The molecule has 5 heteroatoms. The fraction of sp³-hybridized carbons (Fsp3) is 0.778. The lowest BCUT2D eigenvalue weighted by Gasteiger charge is -2.17. The first-order valence-electron chi connectivity index (χ1n) is 4.77. The second-order valence-electron chi connectivity index (χ2n) is 3.62. The predicted octanol–water partition coefficient (Wildman–Crippen LogP) is 3.06. The van der Waals surface area contributed by atoms with Crippen LogP contribution in [0.5, 0.6) is 0 Å². The van der Waals surface area contributed by atoms with Crippen molar-refractivity contribution in [2.24, 2.45) is 0 Å². The number of aromatic nitrogens is 2. The Kier molecular flexibility index (Phi) is 3.34. The molecule has 0 saturated carbocycles. The summed E-state index contributed by atoms with van der Waals surface area (Å²) >= 11 is 9.40. The largest absolute Gasteiger partial charge is 0.148 e. The number of aryl methyl sites for hydroxylation is 1. The van der Waals surface area contributed by atoms with Gasteiger partial charge in [0, 0.05) is 12.3 Å². The maximum Gasteiger partial charge on any atom is 0.133 e. The number of alkyl halides is 1. The average Bonchev–Trinajstić information content (AvgIpc) is 2.75. The molecular weight excluding hydrogens is 236 g/mol. The molecule has 0 amide bonds. The molecule has 1 aliphatic rings. The monoisotopic (exact) mass is 248 g/mol. The van der Waals surface area contributed by atoms with Crippen molar-refractivity contribution < 1.29 is 0 Å². The fourth-order valence-electron chi connectivity index (χ4n) is 1.60. The summed E-state index contributed by atoms with van der Waals surface area (Å²) in [6, 6.07) is 0. The summed E-state index contributed by atoms with van der Waals surface area (Å²) < 4.78 is 0.224. The number of rotatable bonds is 3. The maximum atomic E-state index is 5.67. The quantitative estimate of drug-likeness (QED) is 0.769. The molecule has 1 aromatic heterocycles. The van der Waals surface area contributed by atoms with E-state index in [0.29, 0.717) is 5.88 Å². The second-order valence-corrected chi connectivity index (χ2v) is 6.66. The van der Waals surface area contributed by atoms with Crippen molar-refractivity contribution in [3.63, 3.8) is 0 Å². The Morgan fingerprint density at radius 3 is 3.00 bits per heavy atom. The Hall–Kier alpha value is 0.200. The van der Waals surface area contributed by atoms with Gasteiger partial charge in [0.2, 0.25) is 0 Å². The molecule has 2 heterocycles. The lowest BCUT2D eigenvalue weighted by atomic mass is 10.1. The highest BCUT2D eigenvalue weighted by atomic mass is 35.5. The van der Waals surface area contributed by atoms with Gasteiger partial charge in [-0.25, -0.2) is 0 Å². The van der Waals surface area contributed by atoms with Crippen LogP contribution in [-0.2, 0) is 11.2 Å². The summed E-state index contributed by atoms with van der Waals surface area (Å²) in [4.78, 5) is 0. The van der Waals surface area contributed by atoms with Gasteiger partial charge in [0.1, 0.15) is 10.0 Å². The normalized spacial score (nSPS) is 27.0. The van der Waals surface area contributed by atoms with Gasteiger partial charge in [-0.2, -0.15) is 0 Å². The van der Waals surface area contributed by atoms with Crippen LogP contribution in [-0.4, -0.2) is 21.8 Å². The molecule has 2 nitrogen and oxygen atoms in total. The summed E-state index contributed by atoms with van der Waals surface area (Å²) in [6.45, 7) is 2.27. The van der Waals surface area contributed by atoms with E-state index in [1.165, 1.54) is 23.6 Å². The molecule has 1 saturated heterocycles. The Bertz CT molecular complexity index is 308. The van der Waals surface area contributed by atoms with E-state index in [-0.39, 0.29) is 4.75 Å². The molecule has 0 radical (unpaired) electrons. The number of nitrogens with zero attached hydrogens (tertiary/aromatic N) is 2. The van der Waals surface area contributed by atoms with Crippen LogP contribution in [0, 0.1) is 0 Å². The molecule has 78 valence electrons. The van der Waals surface area contributed by atoms with Crippen LogP contribution >= 0.6 is 34.7 Å². The van der Waals surface area contributed by atoms with Gasteiger partial charge in [-0.3, -0.25) is 0 Å². The molecule has 1 fully saturated rings. The minimum Gasteiger partial charge on any atom is -0.148 e. The molecule has 0 aliphatic carbocycles. The van der Waals surface area contributed by atoms with Crippen LogP contribution in [0.4, 0.5) is 0 Å². The Labute approximate surface area is 97.5 Å². The molecule has 14 heavy (non-hydrogen) atoms. The molecular formula is C9H13ClN2S2. The van der Waals surface area contributed by atoms with Crippen LogP contribution < -0.4 is 0 Å². The summed E-state index contributed by atoms with van der Waals surface area (Å²) in [7, 11) is 0. The van der Waals surface area contributed by atoms with Crippen molar-refractivity contribution in [3.05, 3.63) is 10.0 Å². The van der Waals surface area contributed by atoms with E-state index in [1.54, 1.807) is 11.3 Å². The van der Waals surface area contributed by atoms with Gasteiger partial charge >= 0.3 is 0 Å². The van der Waals surface area contributed by atoms with Crippen molar-refractivity contribution in [3.8, 4) is 0 Å². The number of hydrogen-bond donors (Lipinski definition) is 0. The summed E-state index contributed by atoms with van der Waals surface area (Å²) in [6.07, 6.45) is 3.37. The summed E-state index contributed by atoms with van der Waals surface area (Å²) in [5.41, 5.74) is 0. The van der Waals surface area contributed by atoms with Gasteiger partial charge in [0.15, 0.2) is 0 Å². The molecule has 1 unspecified atom stereocenters. The SMILES string of the molecule is CC1(c2nnc(CCCl)s2)CCCS1. The van der Waals surface area contributed by atoms with Crippen molar-refractivity contribution in [2.45, 2.75) is 30.9 Å². The highest BCUT2D eigenvalue weighted by molar-refractivity contribution is 8.00. The van der Waals surface area contributed by atoms with Crippen molar-refractivity contribution in [1.82, 2.24) is 10.2 Å². The third kappa shape index (κ3) is 2.07. The van der Waals surface area contributed by atoms with E-state index in [0.717, 1.165) is 11.4 Å². The molecule has 0 aromatic carbocycles. The van der Waals surface area contributed by atoms with Gasteiger partial charge in [-0.15, -0.1) is 44.9 Å². The van der Waals surface area contributed by atoms with Crippen molar-refractivity contribution in [2.75, 3.05) is 11.6 Å². The van der Waals surface area contributed by atoms with Crippen molar-refractivity contribution >= 4 is 34.7 Å². The molecule has 0 bridgehead atoms. The zero-order chi connectivity index (χ0) is 10.0. The molecule has 1 atom stereocenters. The first-order chi connectivity index (χ1) is 6.74. The third-order valence-corrected chi connectivity index (χ3v) is 5.54. The van der Waals surface area contributed by atoms with E-state index in [2.05, 4.69) is 17.1 Å². The van der Waals surface area contributed by atoms with Crippen LogP contribution in [0.25, 0.3) is 0 Å². The van der Waals surface area contributed by atoms with E-state index >= 15 is 0 Å².